The summed E-state index contributed by atoms with van der Waals surface area (Å²) in [6, 6.07) is 7.73. The topological polar surface area (TPSA) is 35.5 Å². The van der Waals surface area contributed by atoms with Gasteiger partial charge in [0.1, 0.15) is 11.0 Å². The summed E-state index contributed by atoms with van der Waals surface area (Å²) < 4.78 is 10.1. The smallest absolute Gasteiger partial charge is 0.319 e. The van der Waals surface area contributed by atoms with Gasteiger partial charge in [-0.15, -0.1) is 11.8 Å². The van der Waals surface area contributed by atoms with E-state index in [2.05, 4.69) is 6.92 Å². The number of methoxy groups -OCH3 is 2. The number of thioether (sulfide) groups is 1. The second-order valence-electron chi connectivity index (χ2n) is 3.92. The summed E-state index contributed by atoms with van der Waals surface area (Å²) in [6.07, 6.45) is 2.91. The summed E-state index contributed by atoms with van der Waals surface area (Å²) in [5.41, 5.74) is 0. The Labute approximate surface area is 113 Å². The average Bonchev–Trinajstić information content (AvgIpc) is 2.42. The van der Waals surface area contributed by atoms with Crippen LogP contribution in [0.2, 0.25) is 0 Å². The lowest BCUT2D eigenvalue weighted by Gasteiger charge is -2.15. The first-order valence-corrected chi connectivity index (χ1v) is 6.98. The quantitative estimate of drug-likeness (QED) is 0.560. The first kappa shape index (κ1) is 14.9. The molecule has 0 N–H and O–H groups in total. The predicted octanol–water partition coefficient (Wildman–Crippen LogP) is 3.52. The Balaban J connectivity index is 2.78. The monoisotopic (exact) mass is 268 g/mol. The van der Waals surface area contributed by atoms with Crippen LogP contribution in [0, 0.1) is 0 Å². The average molecular weight is 268 g/mol. The van der Waals surface area contributed by atoms with Gasteiger partial charge in [-0.2, -0.15) is 0 Å². The zero-order valence-corrected chi connectivity index (χ0v) is 12.0. The summed E-state index contributed by atoms with van der Waals surface area (Å²) in [6.45, 7) is 2.11. The highest BCUT2D eigenvalue weighted by Gasteiger charge is 2.21. The van der Waals surface area contributed by atoms with E-state index in [1.54, 1.807) is 7.11 Å². The van der Waals surface area contributed by atoms with Crippen LogP contribution >= 0.6 is 11.8 Å². The van der Waals surface area contributed by atoms with Crippen molar-refractivity contribution in [3.8, 4) is 5.75 Å². The third-order valence-electron chi connectivity index (χ3n) is 2.62. The van der Waals surface area contributed by atoms with Crippen LogP contribution in [0.1, 0.15) is 26.2 Å². The van der Waals surface area contributed by atoms with Crippen LogP contribution in [0.25, 0.3) is 0 Å². The molecular weight excluding hydrogens is 248 g/mol. The van der Waals surface area contributed by atoms with Gasteiger partial charge in [-0.1, -0.05) is 31.9 Å². The van der Waals surface area contributed by atoms with Crippen LogP contribution < -0.4 is 4.74 Å². The molecule has 1 rings (SSSR count). The van der Waals surface area contributed by atoms with Gasteiger partial charge in [0, 0.05) is 0 Å². The van der Waals surface area contributed by atoms with Crippen molar-refractivity contribution in [2.24, 2.45) is 0 Å². The first-order chi connectivity index (χ1) is 8.72. The van der Waals surface area contributed by atoms with Crippen LogP contribution in [-0.4, -0.2) is 25.4 Å². The van der Waals surface area contributed by atoms with Crippen molar-refractivity contribution in [3.05, 3.63) is 24.3 Å². The number of carbonyl (C=O) groups is 1. The predicted molar refractivity (Wildman–Crippen MR) is 74.2 cm³/mol. The van der Waals surface area contributed by atoms with Gasteiger partial charge in [-0.05, 0) is 18.6 Å². The van der Waals surface area contributed by atoms with Gasteiger partial charge < -0.3 is 9.47 Å². The molecule has 3 nitrogen and oxygen atoms in total. The molecule has 0 amide bonds. The van der Waals surface area contributed by atoms with Crippen LogP contribution in [0.4, 0.5) is 0 Å². The van der Waals surface area contributed by atoms with Gasteiger partial charge in [-0.3, -0.25) is 4.79 Å². The number of rotatable bonds is 7. The van der Waals surface area contributed by atoms with Gasteiger partial charge in [0.15, 0.2) is 0 Å². The van der Waals surface area contributed by atoms with E-state index in [-0.39, 0.29) is 11.2 Å². The van der Waals surface area contributed by atoms with Crippen molar-refractivity contribution >= 4 is 17.7 Å². The molecule has 0 heterocycles. The third kappa shape index (κ3) is 4.26. The zero-order chi connectivity index (χ0) is 13.4. The van der Waals surface area contributed by atoms with Gasteiger partial charge in [0.05, 0.1) is 19.1 Å². The van der Waals surface area contributed by atoms with Gasteiger partial charge in [-0.25, -0.2) is 0 Å². The molecule has 0 aliphatic rings. The number of hydrogen-bond donors (Lipinski definition) is 0. The number of unbranched alkanes of at least 4 members (excludes halogenated alkanes) is 1. The van der Waals surface area contributed by atoms with E-state index >= 15 is 0 Å². The van der Waals surface area contributed by atoms with Gasteiger partial charge in [0.2, 0.25) is 0 Å². The lowest BCUT2D eigenvalue weighted by molar-refractivity contribution is -0.140. The van der Waals surface area contributed by atoms with Crippen LogP contribution in [0.3, 0.4) is 0 Å². The number of ether oxygens (including phenoxy) is 2. The van der Waals surface area contributed by atoms with E-state index < -0.39 is 0 Å². The molecule has 18 heavy (non-hydrogen) atoms. The lowest BCUT2D eigenvalue weighted by atomic mass is 10.2. The van der Waals surface area contributed by atoms with Crippen molar-refractivity contribution in [1.29, 1.82) is 0 Å². The maximum Gasteiger partial charge on any atom is 0.319 e. The normalized spacial score (nSPS) is 11.9. The second-order valence-corrected chi connectivity index (χ2v) is 5.17. The molecule has 0 saturated carbocycles. The Morgan fingerprint density at radius 2 is 2.06 bits per heavy atom. The highest BCUT2D eigenvalue weighted by atomic mass is 32.2. The number of carbonyl (C=O) groups excluding carboxylic acids is 1. The van der Waals surface area contributed by atoms with Crippen LogP contribution in [0.15, 0.2) is 29.2 Å². The SMILES string of the molecule is CCCCC(Sc1ccccc1OC)C(=O)OC. The van der Waals surface area contributed by atoms with E-state index in [0.717, 1.165) is 29.9 Å². The molecule has 100 valence electrons. The first-order valence-electron chi connectivity index (χ1n) is 6.10. The van der Waals surface area contributed by atoms with E-state index in [1.807, 2.05) is 24.3 Å². The minimum Gasteiger partial charge on any atom is -0.496 e. The number of esters is 1. The highest BCUT2D eigenvalue weighted by molar-refractivity contribution is 8.00. The molecule has 0 saturated heterocycles. The molecule has 0 fully saturated rings. The Morgan fingerprint density at radius 3 is 2.67 bits per heavy atom. The molecule has 0 aromatic heterocycles. The van der Waals surface area contributed by atoms with Crippen molar-refractivity contribution in [3.63, 3.8) is 0 Å². The maximum atomic E-state index is 11.7. The van der Waals surface area contributed by atoms with Gasteiger partial charge >= 0.3 is 5.97 Å². The maximum absolute atomic E-state index is 11.7. The minimum atomic E-state index is -0.167. The lowest BCUT2D eigenvalue weighted by Crippen LogP contribution is -2.18. The molecule has 0 radical (unpaired) electrons. The fourth-order valence-corrected chi connectivity index (χ4v) is 2.82. The van der Waals surface area contributed by atoms with E-state index in [1.165, 1.54) is 18.9 Å². The summed E-state index contributed by atoms with van der Waals surface area (Å²) in [5, 5.41) is -0.161. The van der Waals surface area contributed by atoms with Gasteiger partial charge in [0.25, 0.3) is 0 Å². The minimum absolute atomic E-state index is 0.161. The number of hydrogen-bond acceptors (Lipinski definition) is 4. The molecule has 0 aliphatic heterocycles. The Hall–Kier alpha value is -1.16. The van der Waals surface area contributed by atoms with Crippen LogP contribution in [-0.2, 0) is 9.53 Å². The van der Waals surface area contributed by atoms with Crippen molar-refractivity contribution in [1.82, 2.24) is 0 Å². The molecule has 0 spiro atoms. The summed E-state index contributed by atoms with van der Waals surface area (Å²) >= 11 is 1.51. The summed E-state index contributed by atoms with van der Waals surface area (Å²) in [5.74, 6) is 0.632. The third-order valence-corrected chi connectivity index (χ3v) is 3.93. The molecule has 1 aromatic rings. The zero-order valence-electron chi connectivity index (χ0n) is 11.1. The Morgan fingerprint density at radius 1 is 1.33 bits per heavy atom. The molecule has 1 unspecified atom stereocenters. The fraction of sp³-hybridized carbons (Fsp3) is 0.500. The Kier molecular flexibility index (Phi) is 6.65. The summed E-state index contributed by atoms with van der Waals surface area (Å²) in [4.78, 5) is 12.7. The second kappa shape index (κ2) is 8.03. The molecule has 0 bridgehead atoms. The number of benzene rings is 1. The van der Waals surface area contributed by atoms with Crippen LogP contribution in [0.5, 0.6) is 5.75 Å². The van der Waals surface area contributed by atoms with Crippen molar-refractivity contribution < 1.29 is 14.3 Å². The van der Waals surface area contributed by atoms with E-state index in [4.69, 9.17) is 9.47 Å². The molecule has 4 heteroatoms. The molecule has 1 atom stereocenters. The fourth-order valence-electron chi connectivity index (χ4n) is 1.62. The Bertz CT molecular complexity index is 379. The highest BCUT2D eigenvalue weighted by Crippen LogP contribution is 2.34. The molecule has 0 aliphatic carbocycles. The molecule has 1 aromatic carbocycles. The largest absolute Gasteiger partial charge is 0.496 e. The summed E-state index contributed by atoms with van der Waals surface area (Å²) in [7, 11) is 3.07. The molecular formula is C14H20O3S. The van der Waals surface area contributed by atoms with Crippen molar-refractivity contribution in [2.45, 2.75) is 36.3 Å². The standard InChI is InChI=1S/C14H20O3S/c1-4-5-9-13(14(15)17-3)18-12-10-7-6-8-11(12)16-2/h6-8,10,13H,4-5,9H2,1-3H3. The number of para-hydroxylation sites is 1. The van der Waals surface area contributed by atoms with Crippen molar-refractivity contribution in [2.75, 3.05) is 14.2 Å². The van der Waals surface area contributed by atoms with E-state index in [9.17, 15) is 4.79 Å². The van der Waals surface area contributed by atoms with E-state index in [0.29, 0.717) is 0 Å².